The van der Waals surface area contributed by atoms with Crippen molar-refractivity contribution in [1.82, 2.24) is 0 Å². The summed E-state index contributed by atoms with van der Waals surface area (Å²) in [6.45, 7) is 40.7. The third-order valence-corrected chi connectivity index (χ3v) is 11.8. The molecule has 0 aliphatic rings. The monoisotopic (exact) mass is 749 g/mol. The number of benzene rings is 4. The van der Waals surface area contributed by atoms with E-state index in [1.54, 1.807) is 0 Å². The van der Waals surface area contributed by atoms with E-state index in [-0.39, 0.29) is 44.5 Å². The van der Waals surface area contributed by atoms with Crippen LogP contribution in [0.3, 0.4) is 0 Å². The molecule has 4 heteroatoms. The summed E-state index contributed by atoms with van der Waals surface area (Å²) in [5.74, 6) is 1.15. The first-order valence-corrected chi connectivity index (χ1v) is 20.1. The molecule has 0 heterocycles. The first-order chi connectivity index (χ1) is 24.7. The van der Waals surface area contributed by atoms with Crippen LogP contribution in [0.1, 0.15) is 190 Å². The Labute approximate surface area is 334 Å². The second-order valence-electron chi connectivity index (χ2n) is 21.8. The Kier molecular flexibility index (Phi) is 11.3. The fraction of sp³-hybridized carbons (Fsp3) is 0.529. The lowest BCUT2D eigenvalue weighted by molar-refractivity contribution is 0.418. The van der Waals surface area contributed by atoms with Gasteiger partial charge in [0.15, 0.2) is 0 Å². The highest BCUT2D eigenvalue weighted by Crippen LogP contribution is 2.54. The summed E-state index contributed by atoms with van der Waals surface area (Å²) in [4.78, 5) is 0. The number of hydrogen-bond donors (Lipinski definition) is 4. The van der Waals surface area contributed by atoms with Crippen LogP contribution in [-0.4, -0.2) is 20.4 Å². The van der Waals surface area contributed by atoms with E-state index >= 15 is 0 Å². The summed E-state index contributed by atoms with van der Waals surface area (Å²) in [5, 5.41) is 46.5. The third kappa shape index (κ3) is 8.45. The molecule has 1 unspecified atom stereocenters. The molecule has 0 saturated heterocycles. The largest absolute Gasteiger partial charge is 0.508 e. The summed E-state index contributed by atoms with van der Waals surface area (Å²) in [6.07, 6.45) is 0.629. The molecule has 4 aromatic carbocycles. The van der Waals surface area contributed by atoms with Crippen molar-refractivity contribution < 1.29 is 20.4 Å². The molecule has 0 fully saturated rings. The summed E-state index contributed by atoms with van der Waals surface area (Å²) in [6, 6.07) is 16.9. The molecule has 0 bridgehead atoms. The van der Waals surface area contributed by atoms with Gasteiger partial charge in [-0.1, -0.05) is 141 Å². The van der Waals surface area contributed by atoms with Crippen LogP contribution in [0.5, 0.6) is 23.0 Å². The van der Waals surface area contributed by atoms with Gasteiger partial charge in [-0.15, -0.1) is 0 Å². The first kappa shape index (κ1) is 43.8. The van der Waals surface area contributed by atoms with Gasteiger partial charge >= 0.3 is 0 Å². The van der Waals surface area contributed by atoms with Crippen molar-refractivity contribution >= 4 is 0 Å². The van der Waals surface area contributed by atoms with Gasteiger partial charge in [-0.2, -0.15) is 0 Å². The second-order valence-corrected chi connectivity index (χ2v) is 21.8. The zero-order valence-electron chi connectivity index (χ0n) is 37.7. The molecule has 0 saturated carbocycles. The minimum absolute atomic E-state index is 0.0238. The van der Waals surface area contributed by atoms with Crippen LogP contribution in [0.15, 0.2) is 48.5 Å². The van der Waals surface area contributed by atoms with Crippen LogP contribution in [0.2, 0.25) is 0 Å². The summed E-state index contributed by atoms with van der Waals surface area (Å²) in [5.41, 5.74) is 9.12. The van der Waals surface area contributed by atoms with Crippen molar-refractivity contribution in [3.8, 4) is 23.0 Å². The van der Waals surface area contributed by atoms with Gasteiger partial charge in [-0.3, -0.25) is 0 Å². The molecule has 4 rings (SSSR count). The Morgan fingerprint density at radius 1 is 0.400 bits per heavy atom. The SMILES string of the molecule is Cc1cc(O)c(C(C)(C)C)cc1C(C)CC(c1cc(C(C)(C)C)c(O)c(C(C)(C)C)c1)(c1cc(C(C)(C)C)c(O)cc1C)c1cc(C(C)(C)C)c(O)cc1C. The molecule has 0 aromatic heterocycles. The van der Waals surface area contributed by atoms with Crippen molar-refractivity contribution in [2.24, 2.45) is 0 Å². The van der Waals surface area contributed by atoms with Crippen LogP contribution in [0, 0.1) is 20.8 Å². The fourth-order valence-electron chi connectivity index (χ4n) is 8.73. The first-order valence-electron chi connectivity index (χ1n) is 20.1. The van der Waals surface area contributed by atoms with Gasteiger partial charge in [0, 0.05) is 5.41 Å². The van der Waals surface area contributed by atoms with Gasteiger partial charge in [0.25, 0.3) is 0 Å². The maximum absolute atomic E-state index is 12.1. The van der Waals surface area contributed by atoms with E-state index in [0.29, 0.717) is 17.9 Å². The molecule has 300 valence electrons. The van der Waals surface area contributed by atoms with Gasteiger partial charge in [-0.25, -0.2) is 0 Å². The minimum Gasteiger partial charge on any atom is -0.508 e. The van der Waals surface area contributed by atoms with Crippen LogP contribution in [0.25, 0.3) is 0 Å². The Morgan fingerprint density at radius 3 is 1.04 bits per heavy atom. The molecule has 0 aliphatic carbocycles. The van der Waals surface area contributed by atoms with Crippen molar-refractivity contribution in [3.05, 3.63) is 115 Å². The lowest BCUT2D eigenvalue weighted by Gasteiger charge is -2.43. The second kappa shape index (κ2) is 14.2. The van der Waals surface area contributed by atoms with Crippen LogP contribution in [-0.2, 0) is 32.5 Å². The topological polar surface area (TPSA) is 80.9 Å². The van der Waals surface area contributed by atoms with E-state index in [0.717, 1.165) is 66.8 Å². The average molecular weight is 749 g/mol. The third-order valence-electron chi connectivity index (χ3n) is 11.8. The van der Waals surface area contributed by atoms with E-state index in [1.807, 2.05) is 18.2 Å². The van der Waals surface area contributed by atoms with Gasteiger partial charge in [0.05, 0.1) is 0 Å². The number of aryl methyl sites for hydroxylation is 3. The quantitative estimate of drug-likeness (QED) is 0.148. The Bertz CT molecular complexity index is 1970. The Hall–Kier alpha value is -3.92. The van der Waals surface area contributed by atoms with Gasteiger partial charge < -0.3 is 20.4 Å². The van der Waals surface area contributed by atoms with E-state index in [1.165, 1.54) is 0 Å². The van der Waals surface area contributed by atoms with E-state index in [2.05, 4.69) is 162 Å². The molecule has 0 radical (unpaired) electrons. The number of aromatic hydroxyl groups is 4. The molecule has 1 atom stereocenters. The maximum Gasteiger partial charge on any atom is 0.123 e. The maximum atomic E-state index is 12.1. The molecular weight excluding hydrogens is 677 g/mol. The lowest BCUT2D eigenvalue weighted by atomic mass is 9.59. The zero-order chi connectivity index (χ0) is 42.2. The summed E-state index contributed by atoms with van der Waals surface area (Å²) >= 11 is 0. The highest BCUT2D eigenvalue weighted by molar-refractivity contribution is 5.64. The molecule has 0 spiro atoms. The van der Waals surface area contributed by atoms with Gasteiger partial charge in [-0.05, 0) is 145 Å². The van der Waals surface area contributed by atoms with Crippen molar-refractivity contribution in [3.63, 3.8) is 0 Å². The summed E-state index contributed by atoms with van der Waals surface area (Å²) in [7, 11) is 0. The van der Waals surface area contributed by atoms with Crippen molar-refractivity contribution in [2.45, 2.75) is 176 Å². The van der Waals surface area contributed by atoms with Gasteiger partial charge in [0.2, 0.25) is 0 Å². The van der Waals surface area contributed by atoms with Crippen LogP contribution >= 0.6 is 0 Å². The normalized spacial score (nSPS) is 14.0. The van der Waals surface area contributed by atoms with Gasteiger partial charge in [0.1, 0.15) is 23.0 Å². The number of phenolic OH excluding ortho intramolecular Hbond substituents is 4. The zero-order valence-corrected chi connectivity index (χ0v) is 37.7. The molecule has 4 N–H and O–H groups in total. The molecule has 0 aliphatic heterocycles. The minimum atomic E-state index is -0.838. The fourth-order valence-corrected chi connectivity index (χ4v) is 8.73. The summed E-state index contributed by atoms with van der Waals surface area (Å²) < 4.78 is 0. The predicted molar refractivity (Wildman–Crippen MR) is 233 cm³/mol. The number of rotatable bonds is 6. The Balaban J connectivity index is 2.41. The van der Waals surface area contributed by atoms with Crippen LogP contribution < -0.4 is 0 Å². The highest BCUT2D eigenvalue weighted by Gasteiger charge is 2.44. The average Bonchev–Trinajstić information content (AvgIpc) is 2.97. The molecule has 4 nitrogen and oxygen atoms in total. The van der Waals surface area contributed by atoms with Crippen LogP contribution in [0.4, 0.5) is 0 Å². The standard InChI is InChI=1S/C51H72O4/c1-29-20-42(52)37(46(5,6)7)25-34(29)32(4)28-51(35-26-38(47(8,9)10)43(53)21-30(35)2,36-27-39(48(11,12)13)44(54)22-31(36)3)33-23-40(49(14,15)16)45(55)41(24-33)50(17,18)19/h20-27,32,52-55H,28H2,1-19H3. The molecular formula is C51H72O4. The molecule has 4 aromatic rings. The predicted octanol–water partition coefficient (Wildman–Crippen LogP) is 13.4. The van der Waals surface area contributed by atoms with Crippen molar-refractivity contribution in [1.29, 1.82) is 0 Å². The highest BCUT2D eigenvalue weighted by atomic mass is 16.3. The smallest absolute Gasteiger partial charge is 0.123 e. The van der Waals surface area contributed by atoms with Crippen molar-refractivity contribution in [2.75, 3.05) is 0 Å². The Morgan fingerprint density at radius 2 is 0.709 bits per heavy atom. The number of hydrogen-bond acceptors (Lipinski definition) is 4. The molecule has 0 amide bonds. The number of phenols is 4. The van der Waals surface area contributed by atoms with E-state index in [4.69, 9.17) is 0 Å². The molecule has 55 heavy (non-hydrogen) atoms. The lowest BCUT2D eigenvalue weighted by Crippen LogP contribution is -2.35. The van der Waals surface area contributed by atoms with E-state index < -0.39 is 5.41 Å². The van der Waals surface area contributed by atoms with E-state index in [9.17, 15) is 20.4 Å².